The number of hydrogen-bond acceptors (Lipinski definition) is 6. The van der Waals surface area contributed by atoms with E-state index in [1.165, 1.54) is 6.20 Å². The molecule has 13 heteroatoms. The van der Waals surface area contributed by atoms with Gasteiger partial charge in [-0.2, -0.15) is 18.2 Å². The first kappa shape index (κ1) is 23.4. The lowest BCUT2D eigenvalue weighted by Gasteiger charge is -2.32. The second-order valence-corrected chi connectivity index (χ2v) is 8.60. The lowest BCUT2D eigenvalue weighted by atomic mass is 10.1. The summed E-state index contributed by atoms with van der Waals surface area (Å²) in [5, 5.41) is 5.76. The Morgan fingerprint density at radius 3 is 2.55 bits per heavy atom. The number of alkyl halides is 3. The number of aromatic nitrogens is 4. The van der Waals surface area contributed by atoms with Crippen molar-refractivity contribution < 1.29 is 18.0 Å². The molecule has 4 rings (SSSR count). The van der Waals surface area contributed by atoms with E-state index in [0.29, 0.717) is 23.7 Å². The molecular formula is C20H20Cl2F3N7O. The summed E-state index contributed by atoms with van der Waals surface area (Å²) in [4.78, 5) is 26.6. The summed E-state index contributed by atoms with van der Waals surface area (Å²) in [5.74, 6) is 0.694. The zero-order valence-corrected chi connectivity index (χ0v) is 19.2. The van der Waals surface area contributed by atoms with Crippen LogP contribution in [0.15, 0.2) is 18.3 Å². The SMILES string of the molecule is CC(=O)N1CCC[C@@H](Nc2ncc3nc(Nc4c(Cl)cc(C(F)(F)F)cc4Cl)n(C)c3n2)C1. The Hall–Kier alpha value is -2.79. The van der Waals surface area contributed by atoms with Crippen molar-refractivity contribution in [2.24, 2.45) is 7.05 Å². The molecular weight excluding hydrogens is 482 g/mol. The molecule has 0 saturated carbocycles. The van der Waals surface area contributed by atoms with Gasteiger partial charge in [0.05, 0.1) is 27.5 Å². The highest BCUT2D eigenvalue weighted by molar-refractivity contribution is 6.39. The van der Waals surface area contributed by atoms with Crippen molar-refractivity contribution in [3.05, 3.63) is 33.9 Å². The van der Waals surface area contributed by atoms with Crippen molar-refractivity contribution in [3.63, 3.8) is 0 Å². The molecule has 33 heavy (non-hydrogen) atoms. The zero-order chi connectivity index (χ0) is 23.9. The van der Waals surface area contributed by atoms with E-state index in [9.17, 15) is 18.0 Å². The van der Waals surface area contributed by atoms with Crippen LogP contribution in [0.1, 0.15) is 25.3 Å². The van der Waals surface area contributed by atoms with E-state index in [-0.39, 0.29) is 33.6 Å². The highest BCUT2D eigenvalue weighted by atomic mass is 35.5. The molecule has 1 atom stereocenters. The number of piperidine rings is 1. The number of anilines is 3. The molecule has 0 spiro atoms. The van der Waals surface area contributed by atoms with Gasteiger partial charge in [-0.1, -0.05) is 23.2 Å². The maximum absolute atomic E-state index is 13.0. The highest BCUT2D eigenvalue weighted by Crippen LogP contribution is 2.39. The molecule has 3 heterocycles. The van der Waals surface area contributed by atoms with Crippen LogP contribution in [-0.2, 0) is 18.0 Å². The molecule has 0 bridgehead atoms. The third kappa shape index (κ3) is 4.93. The van der Waals surface area contributed by atoms with Crippen LogP contribution in [0.3, 0.4) is 0 Å². The Morgan fingerprint density at radius 1 is 1.21 bits per heavy atom. The van der Waals surface area contributed by atoms with Gasteiger partial charge >= 0.3 is 6.18 Å². The van der Waals surface area contributed by atoms with E-state index in [0.717, 1.165) is 31.5 Å². The van der Waals surface area contributed by atoms with E-state index >= 15 is 0 Å². The fourth-order valence-corrected chi connectivity index (χ4v) is 4.28. The fraction of sp³-hybridized carbons (Fsp3) is 0.400. The number of fused-ring (bicyclic) bond motifs is 1. The van der Waals surface area contributed by atoms with Gasteiger partial charge in [0.25, 0.3) is 0 Å². The van der Waals surface area contributed by atoms with Crippen LogP contribution >= 0.6 is 23.2 Å². The molecule has 8 nitrogen and oxygen atoms in total. The van der Waals surface area contributed by atoms with Gasteiger partial charge in [0.2, 0.25) is 17.8 Å². The van der Waals surface area contributed by atoms with E-state index in [1.54, 1.807) is 23.4 Å². The summed E-state index contributed by atoms with van der Waals surface area (Å²) < 4.78 is 40.6. The lowest BCUT2D eigenvalue weighted by Crippen LogP contribution is -2.44. The molecule has 1 aromatic carbocycles. The fourth-order valence-electron chi connectivity index (χ4n) is 3.69. The highest BCUT2D eigenvalue weighted by Gasteiger charge is 2.32. The number of hydrogen-bond donors (Lipinski definition) is 2. The standard InChI is InChI=1S/C20H20Cl2F3N7O/c1-10(33)32-5-3-4-12(9-32)27-18-26-8-15-17(30-18)31(2)19(28-15)29-16-13(21)6-11(7-14(16)22)20(23,24)25/h6-8,12H,3-5,9H2,1-2H3,(H,28,29)(H,26,27,30)/t12-/m1/s1. The number of aryl methyl sites for hydroxylation is 1. The first-order valence-corrected chi connectivity index (χ1v) is 10.8. The van der Waals surface area contributed by atoms with Gasteiger partial charge in [0.15, 0.2) is 5.65 Å². The van der Waals surface area contributed by atoms with Crippen molar-refractivity contribution >= 4 is 57.9 Å². The van der Waals surface area contributed by atoms with Gasteiger partial charge in [-0.05, 0) is 25.0 Å². The number of carbonyl (C=O) groups excluding carboxylic acids is 1. The van der Waals surface area contributed by atoms with Crippen LogP contribution in [0, 0.1) is 0 Å². The third-order valence-electron chi connectivity index (χ3n) is 5.42. The van der Waals surface area contributed by atoms with Crippen molar-refractivity contribution in [1.82, 2.24) is 24.4 Å². The minimum atomic E-state index is -4.57. The van der Waals surface area contributed by atoms with E-state index < -0.39 is 11.7 Å². The molecule has 1 saturated heterocycles. The number of halogens is 5. The Morgan fingerprint density at radius 2 is 1.91 bits per heavy atom. The monoisotopic (exact) mass is 501 g/mol. The smallest absolute Gasteiger partial charge is 0.350 e. The van der Waals surface area contributed by atoms with Crippen LogP contribution in [0.25, 0.3) is 11.2 Å². The van der Waals surface area contributed by atoms with Crippen LogP contribution in [0.4, 0.5) is 30.8 Å². The lowest BCUT2D eigenvalue weighted by molar-refractivity contribution is -0.137. The summed E-state index contributed by atoms with van der Waals surface area (Å²) in [5.41, 5.74) is 0.121. The summed E-state index contributed by atoms with van der Waals surface area (Å²) in [6, 6.07) is 1.62. The number of rotatable bonds is 4. The normalized spacial score (nSPS) is 16.8. The second kappa shape index (κ2) is 8.86. The molecule has 2 aromatic heterocycles. The molecule has 1 aliphatic rings. The first-order chi connectivity index (χ1) is 15.5. The van der Waals surface area contributed by atoms with Gasteiger partial charge in [-0.25, -0.2) is 9.97 Å². The number of amides is 1. The topological polar surface area (TPSA) is 88.0 Å². The molecule has 2 N–H and O–H groups in total. The van der Waals surface area contributed by atoms with Crippen LogP contribution in [0.2, 0.25) is 10.0 Å². The van der Waals surface area contributed by atoms with Gasteiger partial charge < -0.3 is 15.5 Å². The average Bonchev–Trinajstić information content (AvgIpc) is 3.05. The predicted molar refractivity (Wildman–Crippen MR) is 120 cm³/mol. The molecule has 0 radical (unpaired) electrons. The number of nitrogens with zero attached hydrogens (tertiary/aromatic N) is 5. The summed E-state index contributed by atoms with van der Waals surface area (Å²) in [6.07, 6.45) is -1.26. The van der Waals surface area contributed by atoms with Crippen molar-refractivity contribution in [2.45, 2.75) is 32.0 Å². The van der Waals surface area contributed by atoms with Gasteiger partial charge in [0, 0.05) is 33.1 Å². The maximum atomic E-state index is 13.0. The molecule has 3 aromatic rings. The Labute approximate surface area is 197 Å². The number of likely N-dealkylation sites (tertiary alicyclic amines) is 1. The number of imidazole rings is 1. The Balaban J connectivity index is 1.57. The molecule has 1 fully saturated rings. The van der Waals surface area contributed by atoms with E-state index in [2.05, 4.69) is 25.6 Å². The van der Waals surface area contributed by atoms with Crippen LogP contribution < -0.4 is 10.6 Å². The molecule has 0 unspecified atom stereocenters. The minimum Gasteiger partial charge on any atom is -0.350 e. The molecule has 1 aliphatic heterocycles. The quantitative estimate of drug-likeness (QED) is 0.530. The van der Waals surface area contributed by atoms with E-state index in [1.807, 2.05) is 0 Å². The number of carbonyl (C=O) groups is 1. The van der Waals surface area contributed by atoms with Crippen molar-refractivity contribution in [3.8, 4) is 0 Å². The minimum absolute atomic E-state index is 0.0238. The van der Waals surface area contributed by atoms with Crippen molar-refractivity contribution in [1.29, 1.82) is 0 Å². The largest absolute Gasteiger partial charge is 0.416 e. The van der Waals surface area contributed by atoms with E-state index in [4.69, 9.17) is 23.2 Å². The zero-order valence-electron chi connectivity index (χ0n) is 17.7. The molecule has 0 aliphatic carbocycles. The van der Waals surface area contributed by atoms with Crippen LogP contribution in [0.5, 0.6) is 0 Å². The molecule has 1 amide bonds. The van der Waals surface area contributed by atoms with Gasteiger partial charge in [0.1, 0.15) is 5.52 Å². The van der Waals surface area contributed by atoms with Gasteiger partial charge in [-0.15, -0.1) is 0 Å². The third-order valence-corrected chi connectivity index (χ3v) is 6.01. The second-order valence-electron chi connectivity index (χ2n) is 7.78. The van der Waals surface area contributed by atoms with Gasteiger partial charge in [-0.3, -0.25) is 9.36 Å². The number of benzene rings is 1. The average molecular weight is 502 g/mol. The number of nitrogens with one attached hydrogen (secondary N) is 2. The predicted octanol–water partition coefficient (Wildman–Crippen LogP) is 4.86. The summed E-state index contributed by atoms with van der Waals surface area (Å²) in [7, 11) is 1.69. The Bertz CT molecular complexity index is 1190. The Kier molecular flexibility index (Phi) is 6.28. The maximum Gasteiger partial charge on any atom is 0.416 e. The first-order valence-electron chi connectivity index (χ1n) is 10.1. The van der Waals surface area contributed by atoms with Crippen LogP contribution in [-0.4, -0.2) is 49.5 Å². The molecule has 176 valence electrons. The van der Waals surface area contributed by atoms with Crippen molar-refractivity contribution in [2.75, 3.05) is 23.7 Å². The summed E-state index contributed by atoms with van der Waals surface area (Å²) in [6.45, 7) is 2.85. The summed E-state index contributed by atoms with van der Waals surface area (Å²) >= 11 is 12.1.